The molecule has 6 heteroatoms. The molecule has 27 heavy (non-hydrogen) atoms. The summed E-state index contributed by atoms with van der Waals surface area (Å²) >= 11 is 0. The van der Waals surface area contributed by atoms with Crippen molar-refractivity contribution in [2.45, 2.75) is 32.5 Å². The highest BCUT2D eigenvalue weighted by Crippen LogP contribution is 2.43. The van der Waals surface area contributed by atoms with Gasteiger partial charge in [0.15, 0.2) is 11.5 Å². The van der Waals surface area contributed by atoms with Crippen molar-refractivity contribution in [1.82, 2.24) is 4.90 Å². The number of fused-ring (bicyclic) bond motifs is 1. The Balaban J connectivity index is 2.14. The molecule has 3 rings (SSSR count). The second-order valence-electron chi connectivity index (χ2n) is 6.52. The van der Waals surface area contributed by atoms with Crippen molar-refractivity contribution < 1.29 is 19.0 Å². The zero-order valence-electron chi connectivity index (χ0n) is 16.4. The fraction of sp³-hybridized carbons (Fsp3) is 0.381. The third-order valence-electron chi connectivity index (χ3n) is 5.03. The van der Waals surface area contributed by atoms with Crippen LogP contribution in [0.5, 0.6) is 17.2 Å². The van der Waals surface area contributed by atoms with Gasteiger partial charge < -0.3 is 24.4 Å². The minimum atomic E-state index is -0.337. The van der Waals surface area contributed by atoms with E-state index < -0.39 is 0 Å². The van der Waals surface area contributed by atoms with Crippen molar-refractivity contribution in [3.05, 3.63) is 47.5 Å². The molecule has 0 saturated heterocycles. The molecule has 0 spiro atoms. The number of methoxy groups -OCH3 is 3. The van der Waals surface area contributed by atoms with Crippen molar-refractivity contribution in [2.24, 2.45) is 0 Å². The molecule has 0 unspecified atom stereocenters. The number of carbonyl (C=O) groups is 1. The highest BCUT2D eigenvalue weighted by Gasteiger charge is 2.36. The number of benzene rings is 2. The van der Waals surface area contributed by atoms with Crippen molar-refractivity contribution >= 4 is 11.6 Å². The average molecular weight is 370 g/mol. The fourth-order valence-corrected chi connectivity index (χ4v) is 3.42. The van der Waals surface area contributed by atoms with E-state index in [1.807, 2.05) is 41.3 Å². The number of anilines is 1. The Morgan fingerprint density at radius 2 is 1.70 bits per heavy atom. The first kappa shape index (κ1) is 18.9. The summed E-state index contributed by atoms with van der Waals surface area (Å²) in [4.78, 5) is 15.1. The van der Waals surface area contributed by atoms with Crippen molar-refractivity contribution in [2.75, 3.05) is 26.6 Å². The summed E-state index contributed by atoms with van der Waals surface area (Å²) in [6.07, 6.45) is 0.507. The lowest BCUT2D eigenvalue weighted by Gasteiger charge is -2.41. The maximum Gasteiger partial charge on any atom is 0.258 e. The van der Waals surface area contributed by atoms with Gasteiger partial charge in [0.25, 0.3) is 5.91 Å². The molecule has 2 atom stereocenters. The molecule has 2 aromatic carbocycles. The number of hydrogen-bond donors (Lipinski definition) is 1. The van der Waals surface area contributed by atoms with Crippen LogP contribution in [0.3, 0.4) is 0 Å². The molecule has 1 heterocycles. The first-order valence-corrected chi connectivity index (χ1v) is 9.03. The number of rotatable bonds is 6. The number of nitrogens with zero attached hydrogens (tertiary/aromatic N) is 1. The van der Waals surface area contributed by atoms with Crippen LogP contribution in [0.1, 0.15) is 42.4 Å². The van der Waals surface area contributed by atoms with E-state index in [1.54, 1.807) is 21.3 Å². The Morgan fingerprint density at radius 1 is 1.07 bits per heavy atom. The van der Waals surface area contributed by atoms with E-state index in [2.05, 4.69) is 19.2 Å². The third kappa shape index (κ3) is 3.27. The minimum absolute atomic E-state index is 0.0115. The second kappa shape index (κ2) is 7.78. The Hall–Kier alpha value is -2.89. The lowest BCUT2D eigenvalue weighted by Crippen LogP contribution is -2.47. The van der Waals surface area contributed by atoms with Crippen LogP contribution in [0.4, 0.5) is 5.69 Å². The van der Waals surface area contributed by atoms with Crippen molar-refractivity contribution in [3.63, 3.8) is 0 Å². The van der Waals surface area contributed by atoms with Crippen LogP contribution in [0, 0.1) is 0 Å². The van der Waals surface area contributed by atoms with Crippen molar-refractivity contribution in [3.8, 4) is 17.2 Å². The molecule has 0 fully saturated rings. The number of nitrogens with one attached hydrogen (secondary N) is 1. The number of ether oxygens (including phenoxy) is 3. The predicted octanol–water partition coefficient (Wildman–Crippen LogP) is 4.08. The van der Waals surface area contributed by atoms with Gasteiger partial charge in [0, 0.05) is 17.3 Å². The molecule has 0 saturated carbocycles. The SMILES string of the molecule is CC[C@@H](C)N1C(=O)c2ccccc2N[C@H]1c1cc(OC)c(OC)c(OC)c1. The van der Waals surface area contributed by atoms with E-state index in [9.17, 15) is 4.79 Å². The van der Waals surface area contributed by atoms with Crippen LogP contribution in [-0.4, -0.2) is 38.2 Å². The molecule has 0 aromatic heterocycles. The normalized spacial score (nSPS) is 17.0. The lowest BCUT2D eigenvalue weighted by molar-refractivity contribution is 0.0593. The van der Waals surface area contributed by atoms with Crippen LogP contribution in [0.25, 0.3) is 0 Å². The summed E-state index contributed by atoms with van der Waals surface area (Å²) < 4.78 is 16.4. The minimum Gasteiger partial charge on any atom is -0.493 e. The van der Waals surface area contributed by atoms with Gasteiger partial charge in [0.1, 0.15) is 6.17 Å². The Morgan fingerprint density at radius 3 is 2.26 bits per heavy atom. The van der Waals surface area contributed by atoms with E-state index in [1.165, 1.54) is 0 Å². The lowest BCUT2D eigenvalue weighted by atomic mass is 10.00. The summed E-state index contributed by atoms with van der Waals surface area (Å²) in [6, 6.07) is 11.4. The van der Waals surface area contributed by atoms with Gasteiger partial charge in [-0.05, 0) is 37.6 Å². The largest absolute Gasteiger partial charge is 0.493 e. The summed E-state index contributed by atoms with van der Waals surface area (Å²) in [7, 11) is 4.74. The topological polar surface area (TPSA) is 60.0 Å². The smallest absolute Gasteiger partial charge is 0.258 e. The second-order valence-corrected chi connectivity index (χ2v) is 6.52. The van der Waals surface area contributed by atoms with Gasteiger partial charge in [0.2, 0.25) is 5.75 Å². The molecule has 0 aliphatic carbocycles. The zero-order valence-corrected chi connectivity index (χ0v) is 16.4. The van der Waals surface area contributed by atoms with Gasteiger partial charge >= 0.3 is 0 Å². The van der Waals surface area contributed by atoms with Gasteiger partial charge in [0.05, 0.1) is 26.9 Å². The van der Waals surface area contributed by atoms with E-state index in [0.717, 1.165) is 17.7 Å². The Bertz CT molecular complexity index is 812. The molecule has 1 N–H and O–H groups in total. The van der Waals surface area contributed by atoms with Gasteiger partial charge in [-0.1, -0.05) is 19.1 Å². The molecule has 1 aliphatic rings. The molecule has 0 bridgehead atoms. The molecule has 1 amide bonds. The summed E-state index contributed by atoms with van der Waals surface area (Å²) in [5, 5.41) is 3.50. The zero-order chi connectivity index (χ0) is 19.6. The number of amides is 1. The number of hydrogen-bond acceptors (Lipinski definition) is 5. The van der Waals surface area contributed by atoms with Crippen LogP contribution < -0.4 is 19.5 Å². The van der Waals surface area contributed by atoms with Crippen LogP contribution in [-0.2, 0) is 0 Å². The van der Waals surface area contributed by atoms with E-state index in [0.29, 0.717) is 22.8 Å². The first-order chi connectivity index (χ1) is 13.0. The van der Waals surface area contributed by atoms with Gasteiger partial charge in [-0.15, -0.1) is 0 Å². The summed E-state index contributed by atoms with van der Waals surface area (Å²) in [6.45, 7) is 4.13. The average Bonchev–Trinajstić information content (AvgIpc) is 2.71. The summed E-state index contributed by atoms with van der Waals surface area (Å²) in [5.41, 5.74) is 2.37. The molecule has 2 aromatic rings. The molecule has 6 nitrogen and oxygen atoms in total. The molecular weight excluding hydrogens is 344 g/mol. The predicted molar refractivity (Wildman–Crippen MR) is 105 cm³/mol. The highest BCUT2D eigenvalue weighted by atomic mass is 16.5. The monoisotopic (exact) mass is 370 g/mol. The van der Waals surface area contributed by atoms with E-state index in [-0.39, 0.29) is 18.1 Å². The van der Waals surface area contributed by atoms with Gasteiger partial charge in [-0.2, -0.15) is 0 Å². The first-order valence-electron chi connectivity index (χ1n) is 9.03. The fourth-order valence-electron chi connectivity index (χ4n) is 3.42. The van der Waals surface area contributed by atoms with Crippen LogP contribution in [0.2, 0.25) is 0 Å². The Kier molecular flexibility index (Phi) is 5.44. The van der Waals surface area contributed by atoms with E-state index >= 15 is 0 Å². The van der Waals surface area contributed by atoms with Crippen LogP contribution >= 0.6 is 0 Å². The molecule has 0 radical (unpaired) electrons. The Labute approximate surface area is 160 Å². The van der Waals surface area contributed by atoms with Crippen molar-refractivity contribution in [1.29, 1.82) is 0 Å². The maximum atomic E-state index is 13.2. The van der Waals surface area contributed by atoms with Gasteiger partial charge in [-0.3, -0.25) is 4.79 Å². The quantitative estimate of drug-likeness (QED) is 0.830. The third-order valence-corrected chi connectivity index (χ3v) is 5.03. The summed E-state index contributed by atoms with van der Waals surface area (Å²) in [5.74, 6) is 1.66. The maximum absolute atomic E-state index is 13.2. The number of para-hydroxylation sites is 1. The molecule has 1 aliphatic heterocycles. The molecular formula is C21H26N2O4. The standard InChI is InChI=1S/C21H26N2O4/c1-6-13(2)23-20(22-16-10-8-7-9-15(16)21(23)24)14-11-17(25-3)19(27-5)18(12-14)26-4/h7-13,20,22H,6H2,1-5H3/t13-,20-/m1/s1. The van der Waals surface area contributed by atoms with E-state index in [4.69, 9.17) is 14.2 Å². The number of carbonyl (C=O) groups excluding carboxylic acids is 1. The van der Waals surface area contributed by atoms with Gasteiger partial charge in [-0.25, -0.2) is 0 Å². The van der Waals surface area contributed by atoms with Crippen LogP contribution in [0.15, 0.2) is 36.4 Å². The highest BCUT2D eigenvalue weighted by molar-refractivity contribution is 6.01. The molecule has 144 valence electrons.